The minimum atomic E-state index is -0.749. The summed E-state index contributed by atoms with van der Waals surface area (Å²) >= 11 is 0. The maximum Gasteiger partial charge on any atom is 0.325 e. The van der Waals surface area contributed by atoms with Gasteiger partial charge in [0.2, 0.25) is 0 Å². The SMILES string of the molecule is CC(CNC1CC1)CN1C(=O)NC(C)(C)C1=O. The van der Waals surface area contributed by atoms with Crippen LogP contribution in [0.1, 0.15) is 33.6 Å². The zero-order valence-electron chi connectivity index (χ0n) is 10.7. The Morgan fingerprint density at radius 2 is 2.12 bits per heavy atom. The van der Waals surface area contributed by atoms with Crippen molar-refractivity contribution in [2.75, 3.05) is 13.1 Å². The minimum absolute atomic E-state index is 0.124. The summed E-state index contributed by atoms with van der Waals surface area (Å²) in [6.45, 7) is 6.89. The fourth-order valence-electron chi connectivity index (χ4n) is 2.02. The molecule has 2 rings (SSSR count). The molecule has 1 aliphatic heterocycles. The van der Waals surface area contributed by atoms with Gasteiger partial charge in [0, 0.05) is 12.6 Å². The number of nitrogens with one attached hydrogen (secondary N) is 2. The van der Waals surface area contributed by atoms with Gasteiger partial charge in [-0.25, -0.2) is 4.79 Å². The fourth-order valence-corrected chi connectivity index (χ4v) is 2.02. The van der Waals surface area contributed by atoms with E-state index in [0.717, 1.165) is 6.54 Å². The monoisotopic (exact) mass is 239 g/mol. The number of hydrogen-bond acceptors (Lipinski definition) is 3. The molecule has 17 heavy (non-hydrogen) atoms. The van der Waals surface area contributed by atoms with E-state index in [1.807, 2.05) is 0 Å². The van der Waals surface area contributed by atoms with Crippen LogP contribution in [0.3, 0.4) is 0 Å². The molecule has 1 heterocycles. The minimum Gasteiger partial charge on any atom is -0.324 e. The highest BCUT2D eigenvalue weighted by Crippen LogP contribution is 2.20. The molecular formula is C12H21N3O2. The van der Waals surface area contributed by atoms with E-state index < -0.39 is 5.54 Å². The van der Waals surface area contributed by atoms with Crippen molar-refractivity contribution in [1.82, 2.24) is 15.5 Å². The number of rotatable bonds is 5. The van der Waals surface area contributed by atoms with Crippen LogP contribution >= 0.6 is 0 Å². The van der Waals surface area contributed by atoms with E-state index in [2.05, 4.69) is 17.6 Å². The topological polar surface area (TPSA) is 61.4 Å². The van der Waals surface area contributed by atoms with Gasteiger partial charge in [0.25, 0.3) is 5.91 Å². The lowest BCUT2D eigenvalue weighted by Gasteiger charge is -2.20. The summed E-state index contributed by atoms with van der Waals surface area (Å²) in [5.41, 5.74) is -0.749. The van der Waals surface area contributed by atoms with Gasteiger partial charge in [0.1, 0.15) is 5.54 Å². The zero-order valence-corrected chi connectivity index (χ0v) is 10.7. The third-order valence-corrected chi connectivity index (χ3v) is 3.27. The van der Waals surface area contributed by atoms with Gasteiger partial charge in [-0.05, 0) is 39.2 Å². The van der Waals surface area contributed by atoms with Crippen molar-refractivity contribution in [3.05, 3.63) is 0 Å². The Hall–Kier alpha value is -1.10. The molecule has 1 unspecified atom stereocenters. The van der Waals surface area contributed by atoms with Crippen LogP contribution in [-0.4, -0.2) is 41.5 Å². The first-order chi connectivity index (χ1) is 7.90. The Bertz CT molecular complexity index is 337. The molecule has 0 bridgehead atoms. The summed E-state index contributed by atoms with van der Waals surface area (Å²) in [5, 5.41) is 6.10. The number of hydrogen-bond donors (Lipinski definition) is 2. The molecule has 3 amide bonds. The molecule has 1 saturated heterocycles. The van der Waals surface area contributed by atoms with Gasteiger partial charge in [0.05, 0.1) is 0 Å². The molecule has 0 aromatic carbocycles. The van der Waals surface area contributed by atoms with Gasteiger partial charge in [0.15, 0.2) is 0 Å². The zero-order chi connectivity index (χ0) is 12.6. The third-order valence-electron chi connectivity index (χ3n) is 3.27. The lowest BCUT2D eigenvalue weighted by atomic mass is 10.1. The highest BCUT2D eigenvalue weighted by atomic mass is 16.2. The Balaban J connectivity index is 1.84. The van der Waals surface area contributed by atoms with E-state index in [1.54, 1.807) is 13.8 Å². The Morgan fingerprint density at radius 3 is 2.59 bits per heavy atom. The highest BCUT2D eigenvalue weighted by Gasteiger charge is 2.44. The number of amides is 3. The van der Waals surface area contributed by atoms with Crippen LogP contribution in [0.2, 0.25) is 0 Å². The van der Waals surface area contributed by atoms with Gasteiger partial charge in [-0.2, -0.15) is 0 Å². The number of imide groups is 1. The van der Waals surface area contributed by atoms with Crippen molar-refractivity contribution in [3.8, 4) is 0 Å². The van der Waals surface area contributed by atoms with Crippen molar-refractivity contribution in [1.29, 1.82) is 0 Å². The first kappa shape index (κ1) is 12.4. The highest BCUT2D eigenvalue weighted by molar-refractivity contribution is 6.06. The molecule has 1 saturated carbocycles. The first-order valence-electron chi connectivity index (χ1n) is 6.27. The smallest absolute Gasteiger partial charge is 0.324 e. The van der Waals surface area contributed by atoms with Crippen molar-refractivity contribution in [2.45, 2.75) is 45.2 Å². The summed E-state index contributed by atoms with van der Waals surface area (Å²) < 4.78 is 0. The second kappa shape index (κ2) is 4.29. The van der Waals surface area contributed by atoms with Crippen LogP contribution in [0.25, 0.3) is 0 Å². The molecule has 96 valence electrons. The van der Waals surface area contributed by atoms with Gasteiger partial charge in [-0.1, -0.05) is 6.92 Å². The molecular weight excluding hydrogens is 218 g/mol. The average Bonchev–Trinajstić information content (AvgIpc) is 3.01. The van der Waals surface area contributed by atoms with E-state index in [9.17, 15) is 9.59 Å². The van der Waals surface area contributed by atoms with E-state index in [0.29, 0.717) is 18.5 Å². The molecule has 5 heteroatoms. The van der Waals surface area contributed by atoms with E-state index in [4.69, 9.17) is 0 Å². The molecule has 2 fully saturated rings. The summed E-state index contributed by atoms with van der Waals surface area (Å²) in [6.07, 6.45) is 2.51. The molecule has 0 aromatic rings. The van der Waals surface area contributed by atoms with Gasteiger partial charge < -0.3 is 10.6 Å². The fraction of sp³-hybridized carbons (Fsp3) is 0.833. The third kappa shape index (κ3) is 2.77. The molecule has 2 N–H and O–H groups in total. The van der Waals surface area contributed by atoms with Crippen molar-refractivity contribution < 1.29 is 9.59 Å². The molecule has 0 radical (unpaired) electrons. The quantitative estimate of drug-likeness (QED) is 0.694. The number of carbonyl (C=O) groups excluding carboxylic acids is 2. The Labute approximate surface area is 102 Å². The van der Waals surface area contributed by atoms with Gasteiger partial charge in [-0.3, -0.25) is 9.69 Å². The van der Waals surface area contributed by atoms with Gasteiger partial charge in [-0.15, -0.1) is 0 Å². The lowest BCUT2D eigenvalue weighted by molar-refractivity contribution is -0.130. The predicted molar refractivity (Wildman–Crippen MR) is 64.5 cm³/mol. The van der Waals surface area contributed by atoms with Crippen LogP contribution in [0.15, 0.2) is 0 Å². The molecule has 5 nitrogen and oxygen atoms in total. The summed E-state index contributed by atoms with van der Waals surface area (Å²) in [4.78, 5) is 24.9. The molecule has 1 aliphatic carbocycles. The van der Waals surface area contributed by atoms with Crippen molar-refractivity contribution >= 4 is 11.9 Å². The lowest BCUT2D eigenvalue weighted by Crippen LogP contribution is -2.41. The Morgan fingerprint density at radius 1 is 1.47 bits per heavy atom. The van der Waals surface area contributed by atoms with E-state index >= 15 is 0 Å². The van der Waals surface area contributed by atoms with E-state index in [1.165, 1.54) is 17.7 Å². The van der Waals surface area contributed by atoms with Crippen LogP contribution in [-0.2, 0) is 4.79 Å². The van der Waals surface area contributed by atoms with Crippen LogP contribution in [0.5, 0.6) is 0 Å². The normalized spacial score (nSPS) is 25.0. The molecule has 0 spiro atoms. The largest absolute Gasteiger partial charge is 0.325 e. The summed E-state index contributed by atoms with van der Waals surface area (Å²) in [7, 11) is 0. The number of carbonyl (C=O) groups is 2. The predicted octanol–water partition coefficient (Wildman–Crippen LogP) is 0.705. The summed E-state index contributed by atoms with van der Waals surface area (Å²) in [5.74, 6) is 0.167. The summed E-state index contributed by atoms with van der Waals surface area (Å²) in [6, 6.07) is 0.398. The second-order valence-electron chi connectivity index (χ2n) is 5.76. The van der Waals surface area contributed by atoms with Crippen molar-refractivity contribution in [2.24, 2.45) is 5.92 Å². The second-order valence-corrected chi connectivity index (χ2v) is 5.76. The van der Waals surface area contributed by atoms with Crippen LogP contribution in [0.4, 0.5) is 4.79 Å². The maximum atomic E-state index is 11.9. The van der Waals surface area contributed by atoms with Gasteiger partial charge >= 0.3 is 6.03 Å². The van der Waals surface area contributed by atoms with E-state index in [-0.39, 0.29) is 11.9 Å². The number of nitrogens with zero attached hydrogens (tertiary/aromatic N) is 1. The molecule has 0 aromatic heterocycles. The van der Waals surface area contributed by atoms with Crippen LogP contribution in [0, 0.1) is 5.92 Å². The molecule has 2 aliphatic rings. The van der Waals surface area contributed by atoms with Crippen molar-refractivity contribution in [3.63, 3.8) is 0 Å². The van der Waals surface area contributed by atoms with Crippen LogP contribution < -0.4 is 10.6 Å². The standard InChI is InChI=1S/C12H21N3O2/c1-8(6-13-9-4-5-9)7-15-10(16)12(2,3)14-11(15)17/h8-9,13H,4-7H2,1-3H3,(H,14,17). The maximum absolute atomic E-state index is 11.9. The average molecular weight is 239 g/mol. The Kier molecular flexibility index (Phi) is 3.12. The first-order valence-corrected chi connectivity index (χ1v) is 6.27. The molecule has 1 atom stereocenters. The number of urea groups is 1.